The quantitative estimate of drug-likeness (QED) is 0.857. The summed E-state index contributed by atoms with van der Waals surface area (Å²) in [6.07, 6.45) is 3.10. The van der Waals surface area contributed by atoms with Gasteiger partial charge in [0.25, 0.3) is 0 Å². The van der Waals surface area contributed by atoms with Crippen LogP contribution in [0.5, 0.6) is 17.2 Å². The Morgan fingerprint density at radius 1 is 1.21 bits per heavy atom. The molecule has 0 bridgehead atoms. The number of carbonyl (C=O) groups excluding carboxylic acids is 1. The van der Waals surface area contributed by atoms with Gasteiger partial charge in [-0.2, -0.15) is 0 Å². The molecule has 6 heteroatoms. The van der Waals surface area contributed by atoms with Crippen LogP contribution in [0.3, 0.4) is 0 Å². The smallest absolute Gasteiger partial charge is 0.248 e. The highest BCUT2D eigenvalue weighted by molar-refractivity contribution is 6.34. The van der Waals surface area contributed by atoms with Crippen molar-refractivity contribution in [3.8, 4) is 17.2 Å². The Bertz CT molecular complexity index is 789. The normalized spacial score (nSPS) is 12.9. The first kappa shape index (κ1) is 16.2. The standard InChI is InChI=1S/C18H16ClNO4/c1-22-15-5-3-2-4-12(15)6-7-18(21)20-14-11-17-16(10-13(14)19)23-8-9-24-17/h2-7,10-11H,8-9H2,1H3,(H,20,21)/b7-6+. The van der Waals surface area contributed by atoms with Crippen LogP contribution in [0.4, 0.5) is 5.69 Å². The van der Waals surface area contributed by atoms with E-state index in [1.165, 1.54) is 6.08 Å². The summed E-state index contributed by atoms with van der Waals surface area (Å²) in [7, 11) is 1.59. The highest BCUT2D eigenvalue weighted by Gasteiger charge is 2.15. The van der Waals surface area contributed by atoms with Crippen molar-refractivity contribution in [1.29, 1.82) is 0 Å². The molecule has 1 aliphatic heterocycles. The van der Waals surface area contributed by atoms with Crippen LogP contribution in [0, 0.1) is 0 Å². The molecule has 5 nitrogen and oxygen atoms in total. The third-order valence-electron chi connectivity index (χ3n) is 3.44. The number of carbonyl (C=O) groups is 1. The molecule has 0 saturated heterocycles. The summed E-state index contributed by atoms with van der Waals surface area (Å²) in [6, 6.07) is 10.7. The van der Waals surface area contributed by atoms with Gasteiger partial charge in [-0.15, -0.1) is 0 Å². The average Bonchev–Trinajstić information content (AvgIpc) is 2.61. The fourth-order valence-corrected chi connectivity index (χ4v) is 2.50. The number of halogens is 1. The molecule has 0 aromatic heterocycles. The van der Waals surface area contributed by atoms with Crippen LogP contribution in [0.1, 0.15) is 5.56 Å². The number of amides is 1. The van der Waals surface area contributed by atoms with E-state index >= 15 is 0 Å². The molecular formula is C18H16ClNO4. The summed E-state index contributed by atoms with van der Waals surface area (Å²) in [5, 5.41) is 3.12. The average molecular weight is 346 g/mol. The van der Waals surface area contributed by atoms with Gasteiger partial charge in [0.2, 0.25) is 5.91 Å². The second-order valence-electron chi connectivity index (χ2n) is 5.04. The fourth-order valence-electron chi connectivity index (χ4n) is 2.30. The van der Waals surface area contributed by atoms with E-state index in [1.54, 1.807) is 25.3 Å². The molecule has 0 radical (unpaired) electrons. The zero-order valence-corrected chi connectivity index (χ0v) is 13.8. The molecule has 0 fully saturated rings. The lowest BCUT2D eigenvalue weighted by atomic mass is 10.2. The van der Waals surface area contributed by atoms with Crippen molar-refractivity contribution in [3.05, 3.63) is 53.1 Å². The maximum Gasteiger partial charge on any atom is 0.248 e. The van der Waals surface area contributed by atoms with E-state index in [1.807, 2.05) is 24.3 Å². The predicted octanol–water partition coefficient (Wildman–Crippen LogP) is 3.77. The molecule has 0 spiro atoms. The molecule has 0 saturated carbocycles. The lowest BCUT2D eigenvalue weighted by Gasteiger charge is -2.19. The maximum absolute atomic E-state index is 12.1. The number of hydrogen-bond donors (Lipinski definition) is 1. The Labute approximate surface area is 144 Å². The molecule has 0 atom stereocenters. The van der Waals surface area contributed by atoms with Gasteiger partial charge in [0, 0.05) is 23.8 Å². The highest BCUT2D eigenvalue weighted by atomic mass is 35.5. The number of benzene rings is 2. The van der Waals surface area contributed by atoms with Gasteiger partial charge in [-0.3, -0.25) is 4.79 Å². The Morgan fingerprint density at radius 3 is 2.67 bits per heavy atom. The van der Waals surface area contributed by atoms with Gasteiger partial charge >= 0.3 is 0 Å². The van der Waals surface area contributed by atoms with E-state index in [0.717, 1.165) is 5.56 Å². The van der Waals surface area contributed by atoms with Crippen LogP contribution in [0.2, 0.25) is 5.02 Å². The minimum absolute atomic E-state index is 0.306. The van der Waals surface area contributed by atoms with Crippen LogP contribution in [0.25, 0.3) is 6.08 Å². The maximum atomic E-state index is 12.1. The number of para-hydroxylation sites is 1. The van der Waals surface area contributed by atoms with Crippen LogP contribution in [-0.2, 0) is 4.79 Å². The van der Waals surface area contributed by atoms with Gasteiger partial charge in [-0.25, -0.2) is 0 Å². The van der Waals surface area contributed by atoms with Crippen molar-refractivity contribution in [2.24, 2.45) is 0 Å². The third kappa shape index (κ3) is 3.63. The fraction of sp³-hybridized carbons (Fsp3) is 0.167. The Hall–Kier alpha value is -2.66. The molecule has 1 aliphatic rings. The van der Waals surface area contributed by atoms with Crippen LogP contribution >= 0.6 is 11.6 Å². The summed E-state index contributed by atoms with van der Waals surface area (Å²) < 4.78 is 16.2. The SMILES string of the molecule is COc1ccccc1/C=C/C(=O)Nc1cc2c(cc1Cl)OCCO2. The number of anilines is 1. The number of nitrogens with one attached hydrogen (secondary N) is 1. The summed E-state index contributed by atoms with van der Waals surface area (Å²) in [4.78, 5) is 12.1. The van der Waals surface area contributed by atoms with Crippen molar-refractivity contribution in [3.63, 3.8) is 0 Å². The van der Waals surface area contributed by atoms with Crippen molar-refractivity contribution < 1.29 is 19.0 Å². The zero-order chi connectivity index (χ0) is 16.9. The molecule has 2 aromatic rings. The molecule has 124 valence electrons. The Kier molecular flexibility index (Phi) is 4.91. The summed E-state index contributed by atoms with van der Waals surface area (Å²) in [5.74, 6) is 1.53. The number of methoxy groups -OCH3 is 1. The summed E-state index contributed by atoms with van der Waals surface area (Å²) in [6.45, 7) is 0.951. The third-order valence-corrected chi connectivity index (χ3v) is 3.76. The van der Waals surface area contributed by atoms with E-state index in [-0.39, 0.29) is 5.91 Å². The zero-order valence-electron chi connectivity index (χ0n) is 13.0. The first-order chi connectivity index (χ1) is 11.7. The summed E-state index contributed by atoms with van der Waals surface area (Å²) in [5.41, 5.74) is 1.28. The first-order valence-electron chi connectivity index (χ1n) is 7.38. The highest BCUT2D eigenvalue weighted by Crippen LogP contribution is 2.37. The van der Waals surface area contributed by atoms with Crippen molar-refractivity contribution in [1.82, 2.24) is 0 Å². The number of rotatable bonds is 4. The number of fused-ring (bicyclic) bond motifs is 1. The monoisotopic (exact) mass is 345 g/mol. The Balaban J connectivity index is 1.74. The van der Waals surface area contributed by atoms with Gasteiger partial charge in [0.05, 0.1) is 17.8 Å². The molecule has 1 N–H and O–H groups in total. The molecule has 0 unspecified atom stereocenters. The largest absolute Gasteiger partial charge is 0.496 e. The lowest BCUT2D eigenvalue weighted by Crippen LogP contribution is -2.16. The van der Waals surface area contributed by atoms with E-state index in [9.17, 15) is 4.79 Å². The van der Waals surface area contributed by atoms with Crippen LogP contribution in [0.15, 0.2) is 42.5 Å². The molecule has 24 heavy (non-hydrogen) atoms. The van der Waals surface area contributed by atoms with E-state index < -0.39 is 0 Å². The van der Waals surface area contributed by atoms with Crippen molar-refractivity contribution in [2.45, 2.75) is 0 Å². The topological polar surface area (TPSA) is 56.8 Å². The number of hydrogen-bond acceptors (Lipinski definition) is 4. The Morgan fingerprint density at radius 2 is 1.92 bits per heavy atom. The van der Waals surface area contributed by atoms with Gasteiger partial charge in [0.15, 0.2) is 11.5 Å². The molecule has 1 heterocycles. The van der Waals surface area contributed by atoms with E-state index in [0.29, 0.717) is 41.2 Å². The van der Waals surface area contributed by atoms with Gasteiger partial charge in [-0.05, 0) is 12.1 Å². The lowest BCUT2D eigenvalue weighted by molar-refractivity contribution is -0.111. The molecule has 3 rings (SSSR count). The molecule has 1 amide bonds. The van der Waals surface area contributed by atoms with E-state index in [2.05, 4.69) is 5.32 Å². The second-order valence-corrected chi connectivity index (χ2v) is 5.45. The number of ether oxygens (including phenoxy) is 3. The van der Waals surface area contributed by atoms with Crippen LogP contribution < -0.4 is 19.5 Å². The van der Waals surface area contributed by atoms with Crippen LogP contribution in [-0.4, -0.2) is 26.2 Å². The molecular weight excluding hydrogens is 330 g/mol. The molecule has 0 aliphatic carbocycles. The second kappa shape index (κ2) is 7.27. The predicted molar refractivity (Wildman–Crippen MR) is 93.1 cm³/mol. The van der Waals surface area contributed by atoms with Gasteiger partial charge in [-0.1, -0.05) is 29.8 Å². The van der Waals surface area contributed by atoms with Crippen molar-refractivity contribution >= 4 is 29.3 Å². The minimum Gasteiger partial charge on any atom is -0.496 e. The van der Waals surface area contributed by atoms with Gasteiger partial charge < -0.3 is 19.5 Å². The van der Waals surface area contributed by atoms with Crippen molar-refractivity contribution in [2.75, 3.05) is 25.6 Å². The van der Waals surface area contributed by atoms with Gasteiger partial charge in [0.1, 0.15) is 19.0 Å². The summed E-state index contributed by atoms with van der Waals surface area (Å²) >= 11 is 6.18. The molecule has 2 aromatic carbocycles. The first-order valence-corrected chi connectivity index (χ1v) is 7.76. The van der Waals surface area contributed by atoms with E-state index in [4.69, 9.17) is 25.8 Å². The minimum atomic E-state index is -0.306.